The molecular weight excluding hydrogens is 268 g/mol. The van der Waals surface area contributed by atoms with E-state index >= 15 is 0 Å². The molecule has 0 bridgehead atoms. The first kappa shape index (κ1) is 15.6. The Balaban J connectivity index is 2.53. The molecule has 1 unspecified atom stereocenters. The summed E-state index contributed by atoms with van der Waals surface area (Å²) in [5, 5.41) is 3.26. The van der Waals surface area contributed by atoms with E-state index in [0.717, 1.165) is 17.5 Å². The Morgan fingerprint density at radius 2 is 1.86 bits per heavy atom. The molecule has 3 heteroatoms. The van der Waals surface area contributed by atoms with E-state index in [9.17, 15) is 8.78 Å². The molecule has 0 aliphatic rings. The number of halogens is 2. The lowest BCUT2D eigenvalue weighted by molar-refractivity contribution is 0.499. The molecule has 21 heavy (non-hydrogen) atoms. The Labute approximate surface area is 125 Å². The fourth-order valence-corrected chi connectivity index (χ4v) is 2.47. The Morgan fingerprint density at radius 3 is 2.52 bits per heavy atom. The molecule has 0 aromatic heterocycles. The van der Waals surface area contributed by atoms with Crippen LogP contribution in [-0.4, -0.2) is 6.54 Å². The normalized spacial score (nSPS) is 12.4. The molecule has 0 saturated carbocycles. The van der Waals surface area contributed by atoms with Gasteiger partial charge in [0.2, 0.25) is 0 Å². The summed E-state index contributed by atoms with van der Waals surface area (Å²) < 4.78 is 28.7. The standard InChI is InChI=1S/C18H21F2N/c1-4-10-21-18(14-7-5-6-12(2)11-14)16-15(19)9-8-13(3)17(16)20/h5-9,11,18,21H,4,10H2,1-3H3. The van der Waals surface area contributed by atoms with Gasteiger partial charge in [-0.15, -0.1) is 0 Å². The van der Waals surface area contributed by atoms with E-state index in [-0.39, 0.29) is 5.56 Å². The minimum atomic E-state index is -0.506. The SMILES string of the molecule is CCCNC(c1cccc(C)c1)c1c(F)ccc(C)c1F. The molecule has 0 fully saturated rings. The number of rotatable bonds is 5. The zero-order chi connectivity index (χ0) is 15.4. The Morgan fingerprint density at radius 1 is 1.10 bits per heavy atom. The molecule has 1 N–H and O–H groups in total. The second kappa shape index (κ2) is 6.81. The maximum atomic E-state index is 14.4. The Kier molecular flexibility index (Phi) is 5.07. The lowest BCUT2D eigenvalue weighted by Crippen LogP contribution is -2.25. The van der Waals surface area contributed by atoms with Gasteiger partial charge in [0.25, 0.3) is 0 Å². The second-order valence-electron chi connectivity index (χ2n) is 5.39. The van der Waals surface area contributed by atoms with Crippen LogP contribution >= 0.6 is 0 Å². The number of benzene rings is 2. The van der Waals surface area contributed by atoms with E-state index < -0.39 is 17.7 Å². The summed E-state index contributed by atoms with van der Waals surface area (Å²) >= 11 is 0. The van der Waals surface area contributed by atoms with Crippen LogP contribution in [0.3, 0.4) is 0 Å². The van der Waals surface area contributed by atoms with E-state index in [4.69, 9.17) is 0 Å². The summed E-state index contributed by atoms with van der Waals surface area (Å²) in [6, 6.07) is 10.1. The van der Waals surface area contributed by atoms with Crippen molar-refractivity contribution in [3.8, 4) is 0 Å². The highest BCUT2D eigenvalue weighted by atomic mass is 19.1. The minimum Gasteiger partial charge on any atom is -0.306 e. The first-order valence-corrected chi connectivity index (χ1v) is 7.29. The first-order chi connectivity index (χ1) is 10.0. The van der Waals surface area contributed by atoms with Gasteiger partial charge in [0, 0.05) is 5.56 Å². The first-order valence-electron chi connectivity index (χ1n) is 7.29. The average Bonchev–Trinajstić information content (AvgIpc) is 2.46. The van der Waals surface area contributed by atoms with Crippen LogP contribution in [0.25, 0.3) is 0 Å². The molecule has 0 aliphatic carbocycles. The molecule has 2 rings (SSSR count). The van der Waals surface area contributed by atoms with E-state index in [0.29, 0.717) is 12.1 Å². The van der Waals surface area contributed by atoms with Crippen LogP contribution < -0.4 is 5.32 Å². The van der Waals surface area contributed by atoms with Gasteiger partial charge in [0.05, 0.1) is 6.04 Å². The van der Waals surface area contributed by atoms with Crippen LogP contribution in [0.4, 0.5) is 8.78 Å². The van der Waals surface area contributed by atoms with Gasteiger partial charge in [-0.2, -0.15) is 0 Å². The minimum absolute atomic E-state index is 0.106. The molecule has 1 atom stereocenters. The Bertz CT molecular complexity index is 623. The maximum absolute atomic E-state index is 14.4. The summed E-state index contributed by atoms with van der Waals surface area (Å²) in [4.78, 5) is 0. The smallest absolute Gasteiger partial charge is 0.134 e. The summed E-state index contributed by atoms with van der Waals surface area (Å²) in [6.45, 7) is 6.36. The molecule has 2 aromatic carbocycles. The third kappa shape index (κ3) is 3.48. The van der Waals surface area contributed by atoms with Crippen molar-refractivity contribution in [1.29, 1.82) is 0 Å². The molecule has 0 saturated heterocycles. The van der Waals surface area contributed by atoms with E-state index in [1.807, 2.05) is 38.1 Å². The van der Waals surface area contributed by atoms with Gasteiger partial charge in [0.15, 0.2) is 0 Å². The van der Waals surface area contributed by atoms with Crippen molar-refractivity contribution < 1.29 is 8.78 Å². The van der Waals surface area contributed by atoms with Crippen LogP contribution in [0.15, 0.2) is 36.4 Å². The van der Waals surface area contributed by atoms with Crippen LogP contribution in [0, 0.1) is 25.5 Å². The molecular formula is C18H21F2N. The van der Waals surface area contributed by atoms with Crippen molar-refractivity contribution >= 4 is 0 Å². The zero-order valence-electron chi connectivity index (χ0n) is 12.7. The number of nitrogens with one attached hydrogen (secondary N) is 1. The van der Waals surface area contributed by atoms with Crippen molar-refractivity contribution in [2.75, 3.05) is 6.54 Å². The van der Waals surface area contributed by atoms with Crippen molar-refractivity contribution in [2.45, 2.75) is 33.2 Å². The predicted molar refractivity (Wildman–Crippen MR) is 82.4 cm³/mol. The van der Waals surface area contributed by atoms with Gasteiger partial charge in [-0.05, 0) is 44.0 Å². The number of hydrogen-bond donors (Lipinski definition) is 1. The van der Waals surface area contributed by atoms with Crippen molar-refractivity contribution in [3.63, 3.8) is 0 Å². The van der Waals surface area contributed by atoms with Crippen LogP contribution in [0.5, 0.6) is 0 Å². The fraction of sp³-hybridized carbons (Fsp3) is 0.333. The largest absolute Gasteiger partial charge is 0.306 e. The van der Waals surface area contributed by atoms with Crippen molar-refractivity contribution in [1.82, 2.24) is 5.32 Å². The van der Waals surface area contributed by atoms with E-state index in [2.05, 4.69) is 5.32 Å². The fourth-order valence-electron chi connectivity index (χ4n) is 2.47. The molecule has 0 spiro atoms. The average molecular weight is 289 g/mol. The predicted octanol–water partition coefficient (Wildman–Crippen LogP) is 4.67. The third-order valence-corrected chi connectivity index (χ3v) is 3.58. The maximum Gasteiger partial charge on any atom is 0.134 e. The van der Waals surface area contributed by atoms with E-state index in [1.165, 1.54) is 12.1 Å². The number of hydrogen-bond acceptors (Lipinski definition) is 1. The summed E-state index contributed by atoms with van der Waals surface area (Å²) in [6.07, 6.45) is 0.900. The zero-order valence-corrected chi connectivity index (χ0v) is 12.7. The molecule has 0 amide bonds. The highest BCUT2D eigenvalue weighted by Crippen LogP contribution is 2.29. The highest BCUT2D eigenvalue weighted by Gasteiger charge is 2.22. The van der Waals surface area contributed by atoms with Crippen molar-refractivity contribution in [2.24, 2.45) is 0 Å². The van der Waals surface area contributed by atoms with Crippen LogP contribution in [-0.2, 0) is 0 Å². The molecule has 0 aliphatic heterocycles. The van der Waals surface area contributed by atoms with Crippen LogP contribution in [0.1, 0.15) is 41.6 Å². The summed E-state index contributed by atoms with van der Waals surface area (Å²) in [5.41, 5.74) is 2.52. The van der Waals surface area contributed by atoms with E-state index in [1.54, 1.807) is 6.92 Å². The molecule has 0 heterocycles. The quantitative estimate of drug-likeness (QED) is 0.843. The molecule has 112 valence electrons. The highest BCUT2D eigenvalue weighted by molar-refractivity contribution is 5.37. The van der Waals surface area contributed by atoms with Gasteiger partial charge in [0.1, 0.15) is 11.6 Å². The van der Waals surface area contributed by atoms with Gasteiger partial charge in [-0.3, -0.25) is 0 Å². The van der Waals surface area contributed by atoms with Gasteiger partial charge in [-0.1, -0.05) is 42.8 Å². The second-order valence-corrected chi connectivity index (χ2v) is 5.39. The summed E-state index contributed by atoms with van der Waals surface area (Å²) in [5.74, 6) is -0.974. The molecule has 2 aromatic rings. The van der Waals surface area contributed by atoms with Gasteiger partial charge < -0.3 is 5.32 Å². The number of aryl methyl sites for hydroxylation is 2. The monoisotopic (exact) mass is 289 g/mol. The topological polar surface area (TPSA) is 12.0 Å². The molecule has 1 nitrogen and oxygen atoms in total. The summed E-state index contributed by atoms with van der Waals surface area (Å²) in [7, 11) is 0. The molecule has 0 radical (unpaired) electrons. The van der Waals surface area contributed by atoms with Gasteiger partial charge >= 0.3 is 0 Å². The van der Waals surface area contributed by atoms with Crippen LogP contribution in [0.2, 0.25) is 0 Å². The lowest BCUT2D eigenvalue weighted by atomic mass is 9.95. The van der Waals surface area contributed by atoms with Crippen molar-refractivity contribution in [3.05, 3.63) is 70.3 Å². The lowest BCUT2D eigenvalue weighted by Gasteiger charge is -2.22. The van der Waals surface area contributed by atoms with Gasteiger partial charge in [-0.25, -0.2) is 8.78 Å². The third-order valence-electron chi connectivity index (χ3n) is 3.58. The Hall–Kier alpha value is -1.74.